The van der Waals surface area contributed by atoms with E-state index in [0.29, 0.717) is 84.0 Å². The number of hydrogen-bond acceptors (Lipinski definition) is 21. The van der Waals surface area contributed by atoms with Gasteiger partial charge in [-0.15, -0.1) is 0 Å². The fraction of sp³-hybridized carbons (Fsp3) is 0.520. The van der Waals surface area contributed by atoms with Crippen molar-refractivity contribution in [2.24, 2.45) is 5.73 Å². The molecule has 49 heavy (non-hydrogen) atoms. The van der Waals surface area contributed by atoms with Crippen LogP contribution in [0.25, 0.3) is 0 Å². The maximum Gasteiger partial charge on any atom is 0.304 e. The van der Waals surface area contributed by atoms with Gasteiger partial charge < -0.3 is 47.6 Å². The molecule has 0 aliphatic heterocycles. The Bertz CT molecular complexity index is 1540. The third-order valence-electron chi connectivity index (χ3n) is 5.41. The van der Waals surface area contributed by atoms with Crippen molar-refractivity contribution in [1.82, 2.24) is 44.9 Å². The molecule has 0 aromatic carbocycles. The minimum atomic E-state index is -0.935. The zero-order chi connectivity index (χ0) is 35.4. The summed E-state index contributed by atoms with van der Waals surface area (Å²) < 4.78 is 0. The molecule has 266 valence electrons. The zero-order valence-electron chi connectivity index (χ0n) is 26.4. The van der Waals surface area contributed by atoms with Gasteiger partial charge in [0.25, 0.3) is 0 Å². The number of aliphatic carboxylic acids is 3. The molecule has 0 aliphatic carbocycles. The Morgan fingerprint density at radius 3 is 1.14 bits per heavy atom. The normalized spacial score (nSPS) is 10.7. The Morgan fingerprint density at radius 1 is 0.510 bits per heavy atom. The van der Waals surface area contributed by atoms with Crippen LogP contribution in [0.4, 0.5) is 29.7 Å². The predicted octanol–water partition coefficient (Wildman–Crippen LogP) is 0.669. The first-order valence-electron chi connectivity index (χ1n) is 14.8. The molecule has 0 radical (unpaired) electrons. The van der Waals surface area contributed by atoms with Crippen molar-refractivity contribution >= 4 is 82.9 Å². The lowest BCUT2D eigenvalue weighted by molar-refractivity contribution is -0.137. The summed E-state index contributed by atoms with van der Waals surface area (Å²) in [5.74, 6) is 0.0778. The Hall–Kier alpha value is -4.55. The van der Waals surface area contributed by atoms with Crippen molar-refractivity contribution in [3.63, 3.8) is 0 Å². The lowest BCUT2D eigenvalue weighted by Gasteiger charge is -2.12. The van der Waals surface area contributed by atoms with Crippen LogP contribution in [-0.2, 0) is 14.4 Å². The van der Waals surface area contributed by atoms with E-state index < -0.39 is 17.9 Å². The number of nitrogens with one attached hydrogen (secondary N) is 5. The van der Waals surface area contributed by atoms with Crippen LogP contribution < -0.4 is 32.3 Å². The Morgan fingerprint density at radius 2 is 0.816 bits per heavy atom. The average molecular weight is 740 g/mol. The number of nitrogens with zero attached hydrogens (tertiary/aromatic N) is 9. The molecule has 0 spiro atoms. The number of aryl methyl sites for hydroxylation is 1. The van der Waals surface area contributed by atoms with Crippen LogP contribution >= 0.6 is 35.3 Å². The van der Waals surface area contributed by atoms with Crippen molar-refractivity contribution in [1.29, 1.82) is 0 Å². The van der Waals surface area contributed by atoms with Crippen LogP contribution in [0.5, 0.6) is 0 Å². The molecule has 0 fully saturated rings. The van der Waals surface area contributed by atoms with Crippen molar-refractivity contribution in [2.45, 2.75) is 41.7 Å². The van der Waals surface area contributed by atoms with E-state index in [2.05, 4.69) is 71.4 Å². The Balaban J connectivity index is 1.58. The molecular weight excluding hydrogens is 703 g/mol. The lowest BCUT2D eigenvalue weighted by Crippen LogP contribution is -2.20. The smallest absolute Gasteiger partial charge is 0.304 e. The first-order valence-corrected chi connectivity index (χ1v) is 17.7. The van der Waals surface area contributed by atoms with Crippen LogP contribution in [0.15, 0.2) is 15.5 Å². The largest absolute Gasteiger partial charge is 0.481 e. The number of thioether (sulfide) groups is 3. The molecule has 24 heteroatoms. The third-order valence-corrected chi connectivity index (χ3v) is 7.95. The molecule has 0 atom stereocenters. The number of carbonyl (C=O) groups is 3. The van der Waals surface area contributed by atoms with Gasteiger partial charge in [-0.25, -0.2) is 4.98 Å². The summed E-state index contributed by atoms with van der Waals surface area (Å²) in [7, 11) is 0. The van der Waals surface area contributed by atoms with Gasteiger partial charge in [0, 0.05) is 56.5 Å². The van der Waals surface area contributed by atoms with Gasteiger partial charge in [0.15, 0.2) is 15.5 Å². The van der Waals surface area contributed by atoms with Gasteiger partial charge in [0.05, 0.1) is 19.3 Å². The topological polar surface area (TPSA) is 314 Å². The average Bonchev–Trinajstić information content (AvgIpc) is 3.03. The number of rotatable bonds is 25. The van der Waals surface area contributed by atoms with Gasteiger partial charge in [-0.3, -0.25) is 14.4 Å². The predicted molar refractivity (Wildman–Crippen MR) is 185 cm³/mol. The van der Waals surface area contributed by atoms with Crippen molar-refractivity contribution < 1.29 is 29.7 Å². The highest BCUT2D eigenvalue weighted by Gasteiger charge is 2.11. The highest BCUT2D eigenvalue weighted by atomic mass is 32.2. The lowest BCUT2D eigenvalue weighted by atomic mass is 10.5. The minimum absolute atomic E-state index is 0.0110. The molecule has 3 aromatic rings. The maximum atomic E-state index is 11.0. The van der Waals surface area contributed by atoms with Gasteiger partial charge in [-0.1, -0.05) is 35.3 Å². The standard InChI is InChI=1S/C25H37N15O6S3/c1-14-32-18(36-23(33-14)47-11-2-15(41)42)28-7-8-29-21-35-22(40-25(39-21)49-13-4-17(45)46)31-10-9-30-20-34-19(27-6-5-26)37-24(38-20)48-12-3-16(43)44/h2-13,26H2,1H3,(H,41,42)(H,43,44)(H,45,46)(H,28,32,33,36)(H2,27,30,34,37,38)(H2,29,31,35,39,40). The van der Waals surface area contributed by atoms with Crippen molar-refractivity contribution in [3.8, 4) is 0 Å². The summed E-state index contributed by atoms with van der Waals surface area (Å²) >= 11 is 3.60. The molecule has 0 saturated carbocycles. The summed E-state index contributed by atoms with van der Waals surface area (Å²) in [6, 6.07) is 0. The molecule has 0 unspecified atom stereocenters. The van der Waals surface area contributed by atoms with E-state index in [9.17, 15) is 14.4 Å². The first-order chi connectivity index (χ1) is 23.6. The molecule has 0 amide bonds. The highest BCUT2D eigenvalue weighted by Crippen LogP contribution is 2.19. The van der Waals surface area contributed by atoms with Crippen LogP contribution in [0.1, 0.15) is 25.1 Å². The number of hydrogen-bond donors (Lipinski definition) is 9. The van der Waals surface area contributed by atoms with Crippen molar-refractivity contribution in [3.05, 3.63) is 5.82 Å². The molecule has 0 bridgehead atoms. The number of carboxylic acid groups (broad SMARTS) is 3. The van der Waals surface area contributed by atoms with Crippen LogP contribution in [0.2, 0.25) is 0 Å². The van der Waals surface area contributed by atoms with Crippen LogP contribution in [0.3, 0.4) is 0 Å². The van der Waals surface area contributed by atoms with E-state index in [4.69, 9.17) is 21.1 Å². The molecule has 10 N–H and O–H groups in total. The molecule has 3 rings (SSSR count). The van der Waals surface area contributed by atoms with Gasteiger partial charge in [-0.2, -0.15) is 39.9 Å². The molecule has 3 aromatic heterocycles. The van der Waals surface area contributed by atoms with E-state index in [0.717, 1.165) is 0 Å². The first kappa shape index (κ1) is 38.9. The fourth-order valence-electron chi connectivity index (χ4n) is 3.33. The zero-order valence-corrected chi connectivity index (χ0v) is 28.8. The second-order valence-corrected chi connectivity index (χ2v) is 12.6. The second-order valence-electron chi connectivity index (χ2n) is 9.42. The minimum Gasteiger partial charge on any atom is -0.481 e. The van der Waals surface area contributed by atoms with Crippen LogP contribution in [-0.4, -0.2) is 135 Å². The highest BCUT2D eigenvalue weighted by molar-refractivity contribution is 7.99. The van der Waals surface area contributed by atoms with Crippen LogP contribution in [0, 0.1) is 6.92 Å². The fourth-order valence-corrected chi connectivity index (χ4v) is 5.66. The third kappa shape index (κ3) is 16.4. The number of aromatic nitrogens is 9. The molecule has 3 heterocycles. The number of anilines is 5. The van der Waals surface area contributed by atoms with Gasteiger partial charge in [-0.05, 0) is 6.92 Å². The maximum absolute atomic E-state index is 11.0. The molecular formula is C25H37N15O6S3. The summed E-state index contributed by atoms with van der Waals surface area (Å²) in [4.78, 5) is 71.6. The van der Waals surface area contributed by atoms with Gasteiger partial charge in [0.2, 0.25) is 29.7 Å². The Labute approximate surface area is 293 Å². The second kappa shape index (κ2) is 21.4. The molecule has 0 saturated heterocycles. The summed E-state index contributed by atoms with van der Waals surface area (Å²) in [5.41, 5.74) is 5.57. The Kier molecular flexibility index (Phi) is 17.0. The summed E-state index contributed by atoms with van der Waals surface area (Å²) in [6.07, 6.45) is -0.119. The van der Waals surface area contributed by atoms with E-state index in [-0.39, 0.29) is 42.9 Å². The van der Waals surface area contributed by atoms with E-state index in [1.165, 1.54) is 35.3 Å². The van der Waals surface area contributed by atoms with E-state index >= 15 is 0 Å². The van der Waals surface area contributed by atoms with E-state index in [1.54, 1.807) is 6.92 Å². The number of nitrogens with two attached hydrogens (primary N) is 1. The molecule has 21 nitrogen and oxygen atoms in total. The van der Waals surface area contributed by atoms with Gasteiger partial charge >= 0.3 is 17.9 Å². The summed E-state index contributed by atoms with van der Waals surface area (Å²) in [6.45, 7) is 3.96. The van der Waals surface area contributed by atoms with Crippen molar-refractivity contribution in [2.75, 3.05) is 83.1 Å². The monoisotopic (exact) mass is 739 g/mol. The van der Waals surface area contributed by atoms with Gasteiger partial charge in [0.1, 0.15) is 5.82 Å². The number of carboxylic acids is 3. The quantitative estimate of drug-likeness (QED) is 0.0426. The SMILES string of the molecule is Cc1nc(NCCNc2nc(NCCNc3nc(NCCN)nc(SCCC(=O)O)n3)nc(SCCC(=O)O)n2)nc(SCCC(=O)O)n1. The molecule has 0 aliphatic rings. The summed E-state index contributed by atoms with van der Waals surface area (Å²) in [5, 5.41) is 43.3. The van der Waals surface area contributed by atoms with E-state index in [1.807, 2.05) is 0 Å².